The van der Waals surface area contributed by atoms with Gasteiger partial charge in [0, 0.05) is 265 Å². The number of carboxylic acids is 4. The van der Waals surface area contributed by atoms with Crippen LogP contribution in [0.25, 0.3) is 77.6 Å². The number of amides is 1. The van der Waals surface area contributed by atoms with Crippen LogP contribution in [0.3, 0.4) is 0 Å². The van der Waals surface area contributed by atoms with Gasteiger partial charge in [0.25, 0.3) is 5.91 Å². The molecule has 41 heteroatoms. The quantitative estimate of drug-likeness (QED) is 0.00897. The Balaban J connectivity index is 0.000000294. The summed E-state index contributed by atoms with van der Waals surface area (Å²) in [6.07, 6.45) is 39.7. The number of nitrogens with one attached hydrogen (secondary N) is 3. The first-order chi connectivity index (χ1) is 64.9. The number of rotatable bonds is 19. The summed E-state index contributed by atoms with van der Waals surface area (Å²) in [5, 5.41) is 44.5. The number of imidazole rings is 1. The molecule has 15 aromatic rings. The average molecular weight is 2340 g/mol. The molecule has 3 saturated carbocycles. The average Bonchev–Trinajstić information content (AvgIpc) is 1.61. The molecule has 6 aromatic heterocycles. The molecule has 706 valence electrons. The summed E-state index contributed by atoms with van der Waals surface area (Å²) in [7, 11) is 0. The molecule has 3 aliphatic rings. The Labute approximate surface area is 956 Å². The maximum absolute atomic E-state index is 13.0. The minimum atomic E-state index is -1.00. The fourth-order valence-electron chi connectivity index (χ4n) is 14.6. The molecule has 3 aliphatic carbocycles. The van der Waals surface area contributed by atoms with Crippen molar-refractivity contribution >= 4 is 161 Å². The molecule has 6 radical (unpaired) electrons. The van der Waals surface area contributed by atoms with E-state index in [1.165, 1.54) is 150 Å². The Bertz CT molecular complexity index is 6500. The number of fused-ring (bicyclic) bond motifs is 6. The van der Waals surface area contributed by atoms with Crippen LogP contribution in [-0.4, -0.2) is 172 Å². The molecule has 6 heterocycles. The number of ether oxygens (including phenoxy) is 3. The van der Waals surface area contributed by atoms with E-state index in [2.05, 4.69) is 101 Å². The van der Waals surface area contributed by atoms with Gasteiger partial charge >= 0.3 is 41.8 Å². The van der Waals surface area contributed by atoms with Gasteiger partial charge in [-0.1, -0.05) is 116 Å². The number of carbonyl (C=O) groups is 9. The van der Waals surface area contributed by atoms with Crippen LogP contribution in [0.5, 0.6) is 0 Å². The van der Waals surface area contributed by atoms with Crippen molar-refractivity contribution in [1.82, 2.24) is 59.4 Å². The number of esters is 3. The molecule has 140 heavy (non-hydrogen) atoms. The van der Waals surface area contributed by atoms with Crippen molar-refractivity contribution in [2.24, 2.45) is 0 Å². The number of hydrogen-bond donors (Lipinski definition) is 10. The first kappa shape index (κ1) is 120. The van der Waals surface area contributed by atoms with E-state index in [9.17, 15) is 38.4 Å². The van der Waals surface area contributed by atoms with Crippen LogP contribution < -0.4 is 33.2 Å². The Morgan fingerprint density at radius 3 is 1.14 bits per heavy atom. The van der Waals surface area contributed by atoms with Gasteiger partial charge in [-0.2, -0.15) is 6.29 Å². The van der Waals surface area contributed by atoms with Gasteiger partial charge < -0.3 is 107 Å². The summed E-state index contributed by atoms with van der Waals surface area (Å²) < 4.78 is 17.6. The zero-order valence-electron chi connectivity index (χ0n) is 76.7. The van der Waals surface area contributed by atoms with Crippen molar-refractivity contribution in [2.75, 3.05) is 53.0 Å². The summed E-state index contributed by atoms with van der Waals surface area (Å²) in [5.41, 5.74) is 32.4. The molecule has 18 rings (SSSR count). The fourth-order valence-corrected chi connectivity index (χ4v) is 14.6. The number of nitrogens with zero attached hydrogens (tertiary/aromatic N) is 12. The fraction of sp³-hybridized carbons (Fsp3) is 0.242. The normalized spacial score (nSPS) is 12.2. The van der Waals surface area contributed by atoms with Gasteiger partial charge in [-0.25, -0.2) is 38.5 Å². The maximum atomic E-state index is 13.0. The summed E-state index contributed by atoms with van der Waals surface area (Å²) in [6.45, 7) is 6.39. The largest absolute Gasteiger partial charge is 0.534 e. The van der Waals surface area contributed by atoms with E-state index < -0.39 is 29.8 Å². The molecule has 1 amide bonds. The van der Waals surface area contributed by atoms with E-state index >= 15 is 0 Å². The van der Waals surface area contributed by atoms with Crippen molar-refractivity contribution in [1.29, 1.82) is 0 Å². The Morgan fingerprint density at radius 2 is 0.707 bits per heavy atom. The molecule has 35 nitrogen and oxygen atoms in total. The zero-order valence-corrected chi connectivity index (χ0v) is 93.7. The van der Waals surface area contributed by atoms with Crippen molar-refractivity contribution in [3.8, 4) is 11.4 Å². The standard InChI is InChI=1S/C24H25N4O3.C24H23N4O2.C15H22N2O2.3C9H5N2O2.C7H8N2O2.C2HO2.6Y/c1-2-31-24(30)17-9-11-20(27-18-6-4-3-5-7-18)22(15-17)28-23(29)16-8-10-19-21(14-16)26-13-12-25-19;1-2-30-24(29)17-9-11-22-21(15-17)27-23(28(22)18-6-4-3-5-7-18)16-8-10-19-20(14-16)26-13-12-25-19;1-2-19-15(18)11-8-9-14(13(16)10-11)17-12-6-4-3-5-7-12;3*12-9(13)6-1-2-7-8(5-6)11-4-3-10-7;8-5-2-1-4(7(10)11)3-6(5)9;3-1-2-4;;;;;;/h8-11,13-15,18,27H,2-7H2,1H3,(H,28,29);8-11,13-15,18H,2-7H2,1H3;8-10,12,17H,2-7,16H2,1H3;2*1-2,4-5H,(H,12,13);1-3,5H,(H,12,13);1-3H,8-9H2,(H,10,11);1H;;;;;;/q2*-1;;3*-1;;-1;;;;;;. The predicted octanol–water partition coefficient (Wildman–Crippen LogP) is 16.1. The van der Waals surface area contributed by atoms with Crippen LogP contribution in [0.4, 0.5) is 34.1 Å². The molecule has 0 atom stereocenters. The molecule has 0 unspecified atom stereocenters. The summed E-state index contributed by atoms with van der Waals surface area (Å²) >= 11 is 0. The smallest absolute Gasteiger partial charge is 0.338 e. The van der Waals surface area contributed by atoms with E-state index in [0.717, 1.165) is 76.8 Å². The molecule has 0 spiro atoms. The van der Waals surface area contributed by atoms with Crippen molar-refractivity contribution in [3.05, 3.63) is 270 Å². The van der Waals surface area contributed by atoms with E-state index in [0.29, 0.717) is 120 Å². The second-order valence-electron chi connectivity index (χ2n) is 30.3. The number of aromatic nitrogens is 12. The van der Waals surface area contributed by atoms with Gasteiger partial charge in [0.05, 0.1) is 98.4 Å². The van der Waals surface area contributed by atoms with Crippen LogP contribution in [0.15, 0.2) is 195 Å². The molecule has 3 fully saturated rings. The van der Waals surface area contributed by atoms with Crippen molar-refractivity contribution in [3.63, 3.8) is 0 Å². The number of aromatic carboxylic acids is 4. The Kier molecular flexibility index (Phi) is 53.6. The zero-order chi connectivity index (χ0) is 95.4. The molecule has 13 N–H and O–H groups in total. The second kappa shape index (κ2) is 62.3. The van der Waals surface area contributed by atoms with Gasteiger partial charge in [-0.3, -0.25) is 29.7 Å². The number of aldehydes is 1. The first-order valence-electron chi connectivity index (χ1n) is 42.9. The van der Waals surface area contributed by atoms with Gasteiger partial charge in [0.1, 0.15) is 5.82 Å². The van der Waals surface area contributed by atoms with Crippen LogP contribution in [0, 0.1) is 31.0 Å². The second-order valence-corrected chi connectivity index (χ2v) is 30.3. The van der Waals surface area contributed by atoms with Gasteiger partial charge in [0.15, 0.2) is 0 Å². The number of benzene rings is 9. The van der Waals surface area contributed by atoms with Crippen molar-refractivity contribution < 1.29 is 279 Å². The maximum Gasteiger partial charge on any atom is 0.338 e. The summed E-state index contributed by atoms with van der Waals surface area (Å²) in [6, 6.07) is 46.6. The number of nitrogens with two attached hydrogens (primary N) is 3. The summed E-state index contributed by atoms with van der Waals surface area (Å²) in [4.78, 5) is 154. The molecule has 0 saturated heterocycles. The monoisotopic (exact) mass is 2340 g/mol. The molecule has 0 aliphatic heterocycles. The molecular formula is C99H94N18O17Y6-6. The number of carbonyl (C=O) groups excluding carboxylic acids is 6. The minimum absolute atomic E-state index is 0. The van der Waals surface area contributed by atoms with Crippen LogP contribution in [0.2, 0.25) is 0 Å². The van der Waals surface area contributed by atoms with E-state index in [1.807, 2.05) is 55.5 Å². The first-order valence-corrected chi connectivity index (χ1v) is 42.9. The number of hydrogen-bond acceptors (Lipinski definition) is 29. The van der Waals surface area contributed by atoms with Crippen LogP contribution >= 0.6 is 0 Å². The third-order valence-corrected chi connectivity index (χ3v) is 21.2. The topological polar surface area (TPSA) is 540 Å². The third-order valence-electron chi connectivity index (χ3n) is 21.2. The Morgan fingerprint density at radius 1 is 0.371 bits per heavy atom. The minimum Gasteiger partial charge on any atom is -0.534 e. The molecule has 9 aromatic carbocycles. The van der Waals surface area contributed by atoms with Crippen molar-refractivity contribution in [2.45, 2.75) is 135 Å². The van der Waals surface area contributed by atoms with E-state index in [1.54, 1.807) is 80.7 Å². The van der Waals surface area contributed by atoms with E-state index in [-0.39, 0.29) is 249 Å². The van der Waals surface area contributed by atoms with Gasteiger partial charge in [0.2, 0.25) is 0 Å². The predicted molar refractivity (Wildman–Crippen MR) is 502 cm³/mol. The number of nitrogen functional groups attached to an aromatic ring is 3. The van der Waals surface area contributed by atoms with Crippen LogP contribution in [0.1, 0.15) is 206 Å². The SMILES string of the molecule is CCOC(=O)c1ccc(NC2CCCCC2)c(N)c1.CCOC(=O)c1ccc(NC2CCCCC2)c(NC(=O)c2ccc3n[c-]cnc3c2)c1.CCOC(=O)c1ccc2c(c1)nc(-c1ccc3n[c-]cnc3c1)n2C1CCCCC1.Nc1ccc(C(=O)O)cc1N.O=C(O)c1ccc2n[c-]cnc2c1.O=C(O)c1ccc2n[c-]cnc2c1.O=C(O)c1ccc2nc[c-]nc2c1.O=[C-]C=O.[Y].[Y].[Y].[Y].[Y].[Y]. The van der Waals surface area contributed by atoms with Gasteiger partial charge in [-0.05, 0) is 193 Å². The molecule has 0 bridgehead atoms. The number of carboxylic acid groups (broad SMARTS) is 4. The Hall–Kier alpha value is -10.1. The number of anilines is 6. The molecular weight excluding hydrogens is 2250 g/mol. The van der Waals surface area contributed by atoms with Crippen LogP contribution in [-0.2, 0) is 220 Å². The van der Waals surface area contributed by atoms with Gasteiger partial charge in [-0.15, -0.1) is 61.3 Å². The third kappa shape index (κ3) is 35.8. The van der Waals surface area contributed by atoms with E-state index in [4.69, 9.17) is 66.4 Å². The summed E-state index contributed by atoms with van der Waals surface area (Å²) in [5.74, 6) is -4.32.